The first-order valence-electron chi connectivity index (χ1n) is 4.17. The Morgan fingerprint density at radius 3 is 2.60 bits per heavy atom. The van der Waals surface area contributed by atoms with Crippen molar-refractivity contribution in [2.24, 2.45) is 0 Å². The topological polar surface area (TPSA) is 26.0 Å². The lowest BCUT2D eigenvalue weighted by atomic mass is 10.1. The van der Waals surface area contributed by atoms with E-state index < -0.39 is 0 Å². The van der Waals surface area contributed by atoms with Crippen LogP contribution in [0.2, 0.25) is 0 Å². The van der Waals surface area contributed by atoms with Crippen LogP contribution in [0, 0.1) is 0 Å². The summed E-state index contributed by atoms with van der Waals surface area (Å²) in [5.41, 5.74) is 1.86. The highest BCUT2D eigenvalue weighted by molar-refractivity contribution is 9.11. The van der Waals surface area contributed by atoms with E-state index in [1.165, 1.54) is 0 Å². The zero-order valence-corrected chi connectivity index (χ0v) is 12.3. The number of nitrogens with zero attached hydrogens (tertiary/aromatic N) is 1. The van der Waals surface area contributed by atoms with E-state index in [1.54, 1.807) is 0 Å². The molecule has 0 fully saturated rings. The molecule has 0 atom stereocenters. The van der Waals surface area contributed by atoms with Gasteiger partial charge >= 0.3 is 0 Å². The minimum atomic E-state index is 0.675. The Kier molecular flexibility index (Phi) is 3.64. The van der Waals surface area contributed by atoms with Gasteiger partial charge in [0.2, 0.25) is 0 Å². The van der Waals surface area contributed by atoms with E-state index in [1.807, 2.05) is 24.3 Å². The van der Waals surface area contributed by atoms with E-state index in [-0.39, 0.29) is 0 Å². The van der Waals surface area contributed by atoms with Crippen LogP contribution in [0.4, 0.5) is 0 Å². The van der Waals surface area contributed by atoms with E-state index >= 15 is 0 Å². The Bertz CT molecular complexity index is 481. The monoisotopic (exact) mass is 393 g/mol. The largest absolute Gasteiger partial charge is 0.360 e. The minimum absolute atomic E-state index is 0.675. The zero-order chi connectivity index (χ0) is 10.8. The Morgan fingerprint density at radius 2 is 2.00 bits per heavy atom. The molecule has 1 aromatic carbocycles. The van der Waals surface area contributed by atoms with Gasteiger partial charge < -0.3 is 4.52 Å². The van der Waals surface area contributed by atoms with Gasteiger partial charge in [0.25, 0.3) is 0 Å². The molecule has 2 aromatic rings. The number of benzene rings is 1. The summed E-state index contributed by atoms with van der Waals surface area (Å²) in [5.74, 6) is 0.819. The predicted molar refractivity (Wildman–Crippen MR) is 70.0 cm³/mol. The van der Waals surface area contributed by atoms with Crippen molar-refractivity contribution < 1.29 is 4.52 Å². The van der Waals surface area contributed by atoms with Crippen LogP contribution in [-0.4, -0.2) is 5.16 Å². The molecule has 2 nitrogen and oxygen atoms in total. The Hall–Kier alpha value is -0.130. The van der Waals surface area contributed by atoms with Crippen molar-refractivity contribution in [2.75, 3.05) is 0 Å². The summed E-state index contributed by atoms with van der Waals surface area (Å²) in [6, 6.07) is 7.87. The molecule has 0 unspecified atom stereocenters. The fourth-order valence-corrected chi connectivity index (χ4v) is 2.71. The molecule has 1 heterocycles. The lowest BCUT2D eigenvalue weighted by molar-refractivity contribution is 0.398. The van der Waals surface area contributed by atoms with Crippen molar-refractivity contribution in [1.82, 2.24) is 5.16 Å². The van der Waals surface area contributed by atoms with Crippen molar-refractivity contribution in [3.63, 3.8) is 0 Å². The lowest BCUT2D eigenvalue weighted by Crippen LogP contribution is -1.79. The fraction of sp³-hybridized carbons (Fsp3) is 0.100. The number of hydrogen-bond acceptors (Lipinski definition) is 2. The predicted octanol–water partition coefficient (Wildman–Crippen LogP) is 4.76. The summed E-state index contributed by atoms with van der Waals surface area (Å²) in [6.07, 6.45) is 0. The van der Waals surface area contributed by atoms with E-state index in [4.69, 9.17) is 4.52 Å². The summed E-state index contributed by atoms with van der Waals surface area (Å²) in [7, 11) is 0. The van der Waals surface area contributed by atoms with Crippen LogP contribution in [0.1, 0.15) is 5.76 Å². The summed E-state index contributed by atoms with van der Waals surface area (Å²) in [6.45, 7) is 0. The molecular weight excluding hydrogens is 390 g/mol. The van der Waals surface area contributed by atoms with Crippen LogP contribution in [0.25, 0.3) is 11.3 Å². The van der Waals surface area contributed by atoms with Crippen LogP contribution in [-0.2, 0) is 5.33 Å². The standard InChI is InChI=1S/C10H6Br3NO/c11-5-7-4-10(14-15-7)8-2-1-6(12)3-9(8)13/h1-4H,5H2. The molecule has 0 radical (unpaired) electrons. The third-order valence-electron chi connectivity index (χ3n) is 1.90. The zero-order valence-electron chi connectivity index (χ0n) is 7.51. The highest BCUT2D eigenvalue weighted by Gasteiger charge is 2.09. The van der Waals surface area contributed by atoms with Gasteiger partial charge in [-0.15, -0.1) is 0 Å². The molecule has 15 heavy (non-hydrogen) atoms. The minimum Gasteiger partial charge on any atom is -0.360 e. The molecule has 0 aliphatic rings. The van der Waals surface area contributed by atoms with Crippen LogP contribution in [0.5, 0.6) is 0 Å². The van der Waals surface area contributed by atoms with Gasteiger partial charge in [0.15, 0.2) is 0 Å². The van der Waals surface area contributed by atoms with Gasteiger partial charge in [-0.1, -0.05) is 59.0 Å². The normalized spacial score (nSPS) is 10.6. The average Bonchev–Trinajstić information content (AvgIpc) is 2.66. The Morgan fingerprint density at radius 1 is 1.20 bits per heavy atom. The first-order chi connectivity index (χ1) is 7.20. The van der Waals surface area contributed by atoms with Crippen molar-refractivity contribution in [3.8, 4) is 11.3 Å². The maximum atomic E-state index is 5.12. The van der Waals surface area contributed by atoms with Crippen LogP contribution in [0.15, 0.2) is 37.7 Å². The quantitative estimate of drug-likeness (QED) is 0.685. The molecule has 0 aliphatic heterocycles. The van der Waals surface area contributed by atoms with Crippen LogP contribution >= 0.6 is 47.8 Å². The third-order valence-corrected chi connectivity index (χ3v) is 3.60. The summed E-state index contributed by atoms with van der Waals surface area (Å²) < 4.78 is 7.15. The van der Waals surface area contributed by atoms with Crippen molar-refractivity contribution in [2.45, 2.75) is 5.33 Å². The molecule has 0 bridgehead atoms. The van der Waals surface area contributed by atoms with Gasteiger partial charge in [0, 0.05) is 20.6 Å². The highest BCUT2D eigenvalue weighted by atomic mass is 79.9. The molecule has 5 heteroatoms. The molecule has 0 spiro atoms. The van der Waals surface area contributed by atoms with Crippen LogP contribution < -0.4 is 0 Å². The second kappa shape index (κ2) is 4.80. The summed E-state index contributed by atoms with van der Waals surface area (Å²) in [4.78, 5) is 0. The van der Waals surface area contributed by atoms with Crippen molar-refractivity contribution in [1.29, 1.82) is 0 Å². The number of halogens is 3. The van der Waals surface area contributed by atoms with E-state index in [9.17, 15) is 0 Å². The van der Waals surface area contributed by atoms with E-state index in [0.29, 0.717) is 5.33 Å². The number of aromatic nitrogens is 1. The van der Waals surface area contributed by atoms with Gasteiger partial charge in [-0.05, 0) is 12.1 Å². The Balaban J connectivity index is 2.44. The van der Waals surface area contributed by atoms with Crippen molar-refractivity contribution >= 4 is 47.8 Å². The number of rotatable bonds is 2. The third kappa shape index (κ3) is 2.52. The van der Waals surface area contributed by atoms with Crippen molar-refractivity contribution in [3.05, 3.63) is 39.0 Å². The van der Waals surface area contributed by atoms with Gasteiger partial charge in [0.1, 0.15) is 11.5 Å². The van der Waals surface area contributed by atoms with Gasteiger partial charge in [-0.2, -0.15) is 0 Å². The van der Waals surface area contributed by atoms with Gasteiger partial charge in [0.05, 0.1) is 5.33 Å². The number of hydrogen-bond donors (Lipinski definition) is 0. The smallest absolute Gasteiger partial charge is 0.147 e. The van der Waals surface area contributed by atoms with Gasteiger partial charge in [-0.3, -0.25) is 0 Å². The maximum absolute atomic E-state index is 5.12. The molecule has 1 aromatic heterocycles. The molecule has 2 rings (SSSR count). The average molecular weight is 396 g/mol. The van der Waals surface area contributed by atoms with Crippen LogP contribution in [0.3, 0.4) is 0 Å². The maximum Gasteiger partial charge on any atom is 0.147 e. The molecular formula is C10H6Br3NO. The Labute approximate surface area is 112 Å². The molecule has 0 saturated heterocycles. The van der Waals surface area contributed by atoms with E-state index in [0.717, 1.165) is 26.0 Å². The highest BCUT2D eigenvalue weighted by Crippen LogP contribution is 2.30. The summed E-state index contributed by atoms with van der Waals surface area (Å²) in [5, 5.41) is 4.67. The molecule has 0 amide bonds. The van der Waals surface area contributed by atoms with E-state index in [2.05, 4.69) is 52.9 Å². The fourth-order valence-electron chi connectivity index (χ4n) is 1.20. The molecule has 0 aliphatic carbocycles. The SMILES string of the molecule is BrCc1cc(-c2ccc(Br)cc2Br)no1. The first-order valence-corrected chi connectivity index (χ1v) is 6.88. The lowest BCUT2D eigenvalue weighted by Gasteiger charge is -1.99. The first kappa shape index (κ1) is 11.4. The second-order valence-electron chi connectivity index (χ2n) is 2.94. The molecule has 78 valence electrons. The second-order valence-corrected chi connectivity index (χ2v) is 5.27. The summed E-state index contributed by atoms with van der Waals surface area (Å²) >= 11 is 10.2. The van der Waals surface area contributed by atoms with Gasteiger partial charge in [-0.25, -0.2) is 0 Å². The molecule has 0 saturated carbocycles. The number of alkyl halides is 1. The molecule has 0 N–H and O–H groups in total.